The zero-order valence-electron chi connectivity index (χ0n) is 7.93. The average molecular weight is 211 g/mol. The second kappa shape index (κ2) is 4.89. The highest BCUT2D eigenvalue weighted by Crippen LogP contribution is 2.02. The van der Waals surface area contributed by atoms with Crippen LogP contribution in [-0.4, -0.2) is 40.7 Å². The molecule has 0 radical (unpaired) electrons. The van der Waals surface area contributed by atoms with Gasteiger partial charge in [-0.1, -0.05) is 0 Å². The first-order valence-electron chi connectivity index (χ1n) is 3.99. The van der Waals surface area contributed by atoms with Crippen LogP contribution in [0.1, 0.15) is 10.5 Å². The number of methoxy groups -OCH3 is 1. The van der Waals surface area contributed by atoms with Gasteiger partial charge in [0.25, 0.3) is 0 Å². The molecule has 15 heavy (non-hydrogen) atoms. The van der Waals surface area contributed by atoms with Crippen LogP contribution in [0, 0.1) is 0 Å². The van der Waals surface area contributed by atoms with E-state index < -0.39 is 11.9 Å². The minimum atomic E-state index is -1.03. The van der Waals surface area contributed by atoms with E-state index in [4.69, 9.17) is 5.11 Å². The number of carbonyl (C=O) groups excluding carboxylic acids is 1. The molecule has 0 fully saturated rings. The molecule has 0 unspecified atom stereocenters. The van der Waals surface area contributed by atoms with Crippen LogP contribution in [-0.2, 0) is 9.53 Å². The first kappa shape index (κ1) is 10.9. The van der Waals surface area contributed by atoms with Crippen molar-refractivity contribution in [3.05, 3.63) is 18.1 Å². The van der Waals surface area contributed by atoms with Gasteiger partial charge in [-0.2, -0.15) is 0 Å². The molecule has 0 amide bonds. The number of esters is 1. The van der Waals surface area contributed by atoms with E-state index in [1.165, 1.54) is 19.5 Å². The maximum absolute atomic E-state index is 11.0. The van der Waals surface area contributed by atoms with Gasteiger partial charge in [-0.15, -0.1) is 0 Å². The minimum absolute atomic E-state index is 0.0212. The largest absolute Gasteiger partial charge is 0.480 e. The van der Waals surface area contributed by atoms with E-state index in [9.17, 15) is 9.59 Å². The van der Waals surface area contributed by atoms with Crippen LogP contribution in [0.4, 0.5) is 5.82 Å². The Morgan fingerprint density at radius 1 is 1.53 bits per heavy atom. The van der Waals surface area contributed by atoms with E-state index in [0.717, 1.165) is 0 Å². The van der Waals surface area contributed by atoms with E-state index in [2.05, 4.69) is 20.0 Å². The number of carboxylic acid groups (broad SMARTS) is 1. The van der Waals surface area contributed by atoms with E-state index in [1.54, 1.807) is 0 Å². The Labute approximate surface area is 85.1 Å². The van der Waals surface area contributed by atoms with Gasteiger partial charge in [0.1, 0.15) is 12.4 Å². The Morgan fingerprint density at radius 2 is 2.27 bits per heavy atom. The van der Waals surface area contributed by atoms with Crippen molar-refractivity contribution in [3.63, 3.8) is 0 Å². The molecule has 1 rings (SSSR count). The van der Waals surface area contributed by atoms with Gasteiger partial charge < -0.3 is 15.2 Å². The Balaban J connectivity index is 2.74. The lowest BCUT2D eigenvalue weighted by molar-refractivity contribution is -0.134. The van der Waals surface area contributed by atoms with Crippen molar-refractivity contribution < 1.29 is 19.4 Å². The van der Waals surface area contributed by atoms with E-state index >= 15 is 0 Å². The van der Waals surface area contributed by atoms with Crippen molar-refractivity contribution in [1.29, 1.82) is 0 Å². The van der Waals surface area contributed by atoms with Crippen molar-refractivity contribution in [3.8, 4) is 0 Å². The topological polar surface area (TPSA) is 101 Å². The van der Waals surface area contributed by atoms with Crippen molar-refractivity contribution >= 4 is 17.8 Å². The Hall–Kier alpha value is -2.18. The summed E-state index contributed by atoms with van der Waals surface area (Å²) < 4.78 is 4.43. The van der Waals surface area contributed by atoms with E-state index in [-0.39, 0.29) is 18.1 Å². The van der Waals surface area contributed by atoms with Crippen molar-refractivity contribution in [2.24, 2.45) is 0 Å². The minimum Gasteiger partial charge on any atom is -0.480 e. The van der Waals surface area contributed by atoms with Crippen LogP contribution in [0.5, 0.6) is 0 Å². The first-order chi connectivity index (χ1) is 7.13. The summed E-state index contributed by atoms with van der Waals surface area (Å²) in [6, 6.07) is 0. The summed E-state index contributed by atoms with van der Waals surface area (Å²) in [7, 11) is 1.22. The number of hydrogen-bond donors (Lipinski definition) is 2. The summed E-state index contributed by atoms with van der Waals surface area (Å²) in [6.45, 7) is -0.292. The first-order valence-corrected chi connectivity index (χ1v) is 3.99. The van der Waals surface area contributed by atoms with Gasteiger partial charge in [0.2, 0.25) is 0 Å². The Bertz CT molecular complexity index is 380. The van der Waals surface area contributed by atoms with Crippen molar-refractivity contribution in [1.82, 2.24) is 9.97 Å². The maximum Gasteiger partial charge on any atom is 0.358 e. The summed E-state index contributed by atoms with van der Waals surface area (Å²) in [4.78, 5) is 28.8. The van der Waals surface area contributed by atoms with Gasteiger partial charge in [-0.05, 0) is 0 Å². The molecule has 0 bridgehead atoms. The van der Waals surface area contributed by atoms with E-state index in [0.29, 0.717) is 0 Å². The third kappa shape index (κ3) is 3.22. The number of carboxylic acids is 1. The van der Waals surface area contributed by atoms with E-state index in [1.807, 2.05) is 0 Å². The molecule has 0 aromatic carbocycles. The number of nitrogens with zero attached hydrogens (tertiary/aromatic N) is 2. The van der Waals surface area contributed by atoms with Gasteiger partial charge in [0.05, 0.1) is 19.5 Å². The van der Waals surface area contributed by atoms with Crippen LogP contribution in [0.3, 0.4) is 0 Å². The molecule has 0 saturated carbocycles. The van der Waals surface area contributed by atoms with Crippen LogP contribution >= 0.6 is 0 Å². The molecule has 7 heteroatoms. The number of carbonyl (C=O) groups is 2. The highest BCUT2D eigenvalue weighted by molar-refractivity contribution is 5.87. The van der Waals surface area contributed by atoms with Crippen LogP contribution in [0.15, 0.2) is 12.4 Å². The van der Waals surface area contributed by atoms with Crippen LogP contribution in [0.2, 0.25) is 0 Å². The van der Waals surface area contributed by atoms with Gasteiger partial charge in [0.15, 0.2) is 5.69 Å². The lowest BCUT2D eigenvalue weighted by Gasteiger charge is -2.03. The zero-order chi connectivity index (χ0) is 11.3. The van der Waals surface area contributed by atoms with Crippen molar-refractivity contribution in [2.45, 2.75) is 0 Å². The fourth-order valence-corrected chi connectivity index (χ4v) is 0.820. The molecular formula is C8H9N3O4. The number of ether oxygens (including phenoxy) is 1. The van der Waals surface area contributed by atoms with Gasteiger partial charge in [-0.3, -0.25) is 9.78 Å². The quantitative estimate of drug-likeness (QED) is 0.662. The number of hydrogen-bond acceptors (Lipinski definition) is 6. The lowest BCUT2D eigenvalue weighted by Crippen LogP contribution is -2.15. The molecule has 0 saturated heterocycles. The second-order valence-electron chi connectivity index (χ2n) is 2.53. The van der Waals surface area contributed by atoms with Crippen LogP contribution < -0.4 is 5.32 Å². The van der Waals surface area contributed by atoms with Crippen molar-refractivity contribution in [2.75, 3.05) is 19.0 Å². The fraction of sp³-hybridized carbons (Fsp3) is 0.250. The molecule has 1 aromatic rings. The summed E-state index contributed by atoms with van der Waals surface area (Å²) in [5, 5.41) is 10.9. The third-order valence-corrected chi connectivity index (χ3v) is 1.45. The number of rotatable bonds is 4. The standard InChI is InChI=1S/C8H9N3O4/c1-15-8(14)5-2-9-3-6(11-5)10-4-7(12)13/h2-3H,4H2,1H3,(H,10,11)(H,12,13). The number of nitrogens with one attached hydrogen (secondary N) is 1. The predicted molar refractivity (Wildman–Crippen MR) is 49.5 cm³/mol. The molecular weight excluding hydrogens is 202 g/mol. The molecule has 0 spiro atoms. The average Bonchev–Trinajstić information content (AvgIpc) is 2.25. The molecule has 0 atom stereocenters. The number of aliphatic carboxylic acids is 1. The zero-order valence-corrected chi connectivity index (χ0v) is 7.93. The highest BCUT2D eigenvalue weighted by Gasteiger charge is 2.08. The summed E-state index contributed by atoms with van der Waals surface area (Å²) in [6.07, 6.45) is 2.55. The van der Waals surface area contributed by atoms with Gasteiger partial charge in [0, 0.05) is 0 Å². The predicted octanol–water partition coefficient (Wildman–Crippen LogP) is -0.240. The second-order valence-corrected chi connectivity index (χ2v) is 2.53. The highest BCUT2D eigenvalue weighted by atomic mass is 16.5. The summed E-state index contributed by atoms with van der Waals surface area (Å²) in [5.74, 6) is -1.44. The summed E-state index contributed by atoms with van der Waals surface area (Å²) in [5.41, 5.74) is 0.0212. The fourth-order valence-electron chi connectivity index (χ4n) is 0.820. The normalized spacial score (nSPS) is 9.40. The molecule has 7 nitrogen and oxygen atoms in total. The van der Waals surface area contributed by atoms with Gasteiger partial charge >= 0.3 is 11.9 Å². The number of anilines is 1. The van der Waals surface area contributed by atoms with Crippen LogP contribution in [0.25, 0.3) is 0 Å². The molecule has 1 heterocycles. The van der Waals surface area contributed by atoms with Gasteiger partial charge in [-0.25, -0.2) is 9.78 Å². The molecule has 0 aliphatic carbocycles. The number of aromatic nitrogens is 2. The monoisotopic (exact) mass is 211 g/mol. The summed E-state index contributed by atoms with van der Waals surface area (Å²) >= 11 is 0. The smallest absolute Gasteiger partial charge is 0.358 e. The third-order valence-electron chi connectivity index (χ3n) is 1.45. The lowest BCUT2D eigenvalue weighted by atomic mass is 10.4. The Kier molecular flexibility index (Phi) is 3.55. The molecule has 1 aromatic heterocycles. The maximum atomic E-state index is 11.0. The molecule has 80 valence electrons. The molecule has 2 N–H and O–H groups in total. The molecule has 0 aliphatic heterocycles. The molecule has 0 aliphatic rings. The SMILES string of the molecule is COC(=O)c1cncc(NCC(=O)O)n1. The Morgan fingerprint density at radius 3 is 2.87 bits per heavy atom.